The van der Waals surface area contributed by atoms with E-state index in [0.29, 0.717) is 31.6 Å². The molecule has 3 atom stereocenters. The SMILES string of the molecule is CC1CCC(C(=O)N2CC[C@H](F)C2)n2c1nn(Cc1ccc(F)cc1F)c2=O. The van der Waals surface area contributed by atoms with E-state index in [9.17, 15) is 22.8 Å². The number of alkyl halides is 1. The van der Waals surface area contributed by atoms with Crippen molar-refractivity contribution in [1.29, 1.82) is 0 Å². The minimum atomic E-state index is -1.04. The molecular formula is C19H21F3N4O2. The summed E-state index contributed by atoms with van der Waals surface area (Å²) >= 11 is 0. The molecule has 1 aromatic heterocycles. The molecule has 1 fully saturated rings. The normalized spacial score (nSPS) is 24.4. The Balaban J connectivity index is 1.67. The Kier molecular flexibility index (Phi) is 4.76. The van der Waals surface area contributed by atoms with Crippen LogP contribution in [0.5, 0.6) is 0 Å². The number of hydrogen-bond donors (Lipinski definition) is 0. The Bertz CT molecular complexity index is 971. The van der Waals surface area contributed by atoms with E-state index in [1.54, 1.807) is 0 Å². The summed E-state index contributed by atoms with van der Waals surface area (Å²) in [5, 5.41) is 4.33. The highest BCUT2D eigenvalue weighted by Crippen LogP contribution is 2.32. The Morgan fingerprint density at radius 3 is 2.71 bits per heavy atom. The highest BCUT2D eigenvalue weighted by atomic mass is 19.1. The van der Waals surface area contributed by atoms with E-state index in [0.717, 1.165) is 16.8 Å². The number of likely N-dealkylation sites (tertiary alicyclic amines) is 1. The quantitative estimate of drug-likeness (QED) is 0.803. The van der Waals surface area contributed by atoms with E-state index in [1.807, 2.05) is 6.92 Å². The fraction of sp³-hybridized carbons (Fsp3) is 0.526. The van der Waals surface area contributed by atoms with E-state index < -0.39 is 29.5 Å². The van der Waals surface area contributed by atoms with Gasteiger partial charge >= 0.3 is 5.69 Å². The van der Waals surface area contributed by atoms with Crippen LogP contribution in [0.2, 0.25) is 0 Å². The third-order valence-electron chi connectivity index (χ3n) is 5.59. The Labute approximate surface area is 159 Å². The third-order valence-corrected chi connectivity index (χ3v) is 5.59. The van der Waals surface area contributed by atoms with Gasteiger partial charge in [-0.2, -0.15) is 5.10 Å². The van der Waals surface area contributed by atoms with Crippen LogP contribution in [0.1, 0.15) is 49.5 Å². The molecule has 9 heteroatoms. The van der Waals surface area contributed by atoms with Gasteiger partial charge in [0.25, 0.3) is 0 Å². The van der Waals surface area contributed by atoms with Crippen LogP contribution >= 0.6 is 0 Å². The predicted octanol–water partition coefficient (Wildman–Crippen LogP) is 2.38. The summed E-state index contributed by atoms with van der Waals surface area (Å²) in [6.45, 7) is 2.14. The number of benzene rings is 1. The lowest BCUT2D eigenvalue weighted by molar-refractivity contribution is -0.134. The monoisotopic (exact) mass is 394 g/mol. The van der Waals surface area contributed by atoms with Crippen LogP contribution in [-0.2, 0) is 11.3 Å². The molecule has 0 aliphatic carbocycles. The van der Waals surface area contributed by atoms with Gasteiger partial charge < -0.3 is 4.90 Å². The number of carbonyl (C=O) groups excluding carboxylic acids is 1. The number of fused-ring (bicyclic) bond motifs is 1. The number of hydrogen-bond acceptors (Lipinski definition) is 3. The largest absolute Gasteiger partial charge is 0.347 e. The zero-order valence-electron chi connectivity index (χ0n) is 15.4. The second kappa shape index (κ2) is 7.10. The zero-order valence-corrected chi connectivity index (χ0v) is 15.4. The molecule has 28 heavy (non-hydrogen) atoms. The molecule has 0 N–H and O–H groups in total. The van der Waals surface area contributed by atoms with Gasteiger partial charge in [0.05, 0.1) is 13.1 Å². The second-order valence-corrected chi connectivity index (χ2v) is 7.57. The van der Waals surface area contributed by atoms with E-state index in [-0.39, 0.29) is 30.5 Å². The zero-order chi connectivity index (χ0) is 20.0. The molecule has 0 radical (unpaired) electrons. The molecule has 2 aliphatic heterocycles. The second-order valence-electron chi connectivity index (χ2n) is 7.57. The van der Waals surface area contributed by atoms with Crippen LogP contribution in [0.25, 0.3) is 0 Å². The van der Waals surface area contributed by atoms with Gasteiger partial charge in [0.15, 0.2) is 0 Å². The molecule has 1 amide bonds. The van der Waals surface area contributed by atoms with Gasteiger partial charge in [-0.1, -0.05) is 13.0 Å². The first-order valence-electron chi connectivity index (χ1n) is 9.41. The van der Waals surface area contributed by atoms with Gasteiger partial charge in [0, 0.05) is 24.1 Å². The predicted molar refractivity (Wildman–Crippen MR) is 94.7 cm³/mol. The molecule has 3 heterocycles. The standard InChI is InChI=1S/C19H21F3N4O2/c1-11-2-5-16(18(27)24-7-6-14(21)10-24)26-17(11)23-25(19(26)28)9-12-3-4-13(20)8-15(12)22/h3-4,8,11,14,16H,2,5-7,9-10H2,1H3/t11?,14-,16?/m0/s1. The highest BCUT2D eigenvalue weighted by molar-refractivity contribution is 5.81. The summed E-state index contributed by atoms with van der Waals surface area (Å²) in [5.74, 6) is -1.31. The van der Waals surface area contributed by atoms with Crippen LogP contribution in [-0.4, -0.2) is 44.4 Å². The summed E-state index contributed by atoms with van der Waals surface area (Å²) in [6, 6.07) is 2.42. The number of nitrogens with zero attached hydrogens (tertiary/aromatic N) is 4. The van der Waals surface area contributed by atoms with Crippen LogP contribution in [0.3, 0.4) is 0 Å². The fourth-order valence-corrected chi connectivity index (χ4v) is 4.01. The molecule has 2 unspecified atom stereocenters. The number of rotatable bonds is 3. The molecule has 0 bridgehead atoms. The lowest BCUT2D eigenvalue weighted by Crippen LogP contribution is -2.42. The average molecular weight is 394 g/mol. The van der Waals surface area contributed by atoms with Crippen molar-refractivity contribution in [2.24, 2.45) is 0 Å². The Morgan fingerprint density at radius 2 is 2.04 bits per heavy atom. The van der Waals surface area contributed by atoms with Crippen LogP contribution in [0, 0.1) is 11.6 Å². The van der Waals surface area contributed by atoms with Crippen LogP contribution in [0.4, 0.5) is 13.2 Å². The van der Waals surface area contributed by atoms with Gasteiger partial charge in [0.1, 0.15) is 29.7 Å². The van der Waals surface area contributed by atoms with Gasteiger partial charge in [0.2, 0.25) is 5.91 Å². The maximum atomic E-state index is 14.0. The molecule has 2 aromatic rings. The first-order valence-corrected chi connectivity index (χ1v) is 9.41. The first kappa shape index (κ1) is 18.8. The van der Waals surface area contributed by atoms with E-state index in [2.05, 4.69) is 5.10 Å². The maximum absolute atomic E-state index is 14.0. The summed E-state index contributed by atoms with van der Waals surface area (Å²) in [4.78, 5) is 27.3. The Morgan fingerprint density at radius 1 is 1.25 bits per heavy atom. The van der Waals surface area contributed by atoms with Crippen molar-refractivity contribution in [3.05, 3.63) is 51.7 Å². The summed E-state index contributed by atoms with van der Waals surface area (Å²) in [5.41, 5.74) is -0.381. The van der Waals surface area contributed by atoms with Gasteiger partial charge in [-0.05, 0) is 25.3 Å². The number of amides is 1. The number of halogens is 3. The topological polar surface area (TPSA) is 60.1 Å². The fourth-order valence-electron chi connectivity index (χ4n) is 4.01. The molecule has 1 aromatic carbocycles. The smallest absolute Gasteiger partial charge is 0.338 e. The summed E-state index contributed by atoms with van der Waals surface area (Å²) in [7, 11) is 0. The van der Waals surface area contributed by atoms with E-state index >= 15 is 0 Å². The van der Waals surface area contributed by atoms with Crippen molar-refractivity contribution in [3.8, 4) is 0 Å². The van der Waals surface area contributed by atoms with Crippen molar-refractivity contribution < 1.29 is 18.0 Å². The first-order chi connectivity index (χ1) is 13.3. The molecule has 150 valence electrons. The van der Waals surface area contributed by atoms with Crippen molar-refractivity contribution in [2.75, 3.05) is 13.1 Å². The third kappa shape index (κ3) is 3.22. The molecule has 1 saturated heterocycles. The van der Waals surface area contributed by atoms with Crippen molar-refractivity contribution >= 4 is 5.91 Å². The molecule has 6 nitrogen and oxygen atoms in total. The lowest BCUT2D eigenvalue weighted by Gasteiger charge is -2.29. The molecule has 4 rings (SSSR count). The van der Waals surface area contributed by atoms with Gasteiger partial charge in [-0.25, -0.2) is 22.6 Å². The van der Waals surface area contributed by atoms with Gasteiger partial charge in [-0.15, -0.1) is 0 Å². The van der Waals surface area contributed by atoms with Crippen molar-refractivity contribution in [1.82, 2.24) is 19.2 Å². The number of aromatic nitrogens is 3. The van der Waals surface area contributed by atoms with Crippen molar-refractivity contribution in [2.45, 2.75) is 50.9 Å². The van der Waals surface area contributed by atoms with Crippen LogP contribution < -0.4 is 5.69 Å². The average Bonchev–Trinajstić information content (AvgIpc) is 3.22. The maximum Gasteiger partial charge on any atom is 0.347 e. The van der Waals surface area contributed by atoms with E-state index in [1.165, 1.54) is 15.5 Å². The van der Waals surface area contributed by atoms with Crippen LogP contribution in [0.15, 0.2) is 23.0 Å². The molecule has 2 aliphatic rings. The minimum absolute atomic E-state index is 0.0384. The Hall–Kier alpha value is -2.58. The number of carbonyl (C=O) groups is 1. The lowest BCUT2D eigenvalue weighted by atomic mass is 9.95. The molecule has 0 saturated carbocycles. The van der Waals surface area contributed by atoms with E-state index in [4.69, 9.17) is 0 Å². The molecule has 0 spiro atoms. The summed E-state index contributed by atoms with van der Waals surface area (Å²) in [6.07, 6.45) is 0.410. The minimum Gasteiger partial charge on any atom is -0.338 e. The molecular weight excluding hydrogens is 373 g/mol. The van der Waals surface area contributed by atoms with Gasteiger partial charge in [-0.3, -0.25) is 9.36 Å². The highest BCUT2D eigenvalue weighted by Gasteiger charge is 2.38. The summed E-state index contributed by atoms with van der Waals surface area (Å²) < 4.78 is 43.1. The van der Waals surface area contributed by atoms with Crippen molar-refractivity contribution in [3.63, 3.8) is 0 Å².